The van der Waals surface area contributed by atoms with Crippen LogP contribution in [0, 0.1) is 6.92 Å². The van der Waals surface area contributed by atoms with E-state index in [1.54, 1.807) is 4.68 Å². The molecule has 1 aromatic rings. The maximum atomic E-state index is 8.55. The second-order valence-electron chi connectivity index (χ2n) is 2.51. The number of hydrogen-bond acceptors (Lipinski definition) is 3. The molecule has 0 atom stereocenters. The van der Waals surface area contributed by atoms with Crippen molar-refractivity contribution >= 4 is 5.82 Å². The molecule has 1 aromatic heterocycles. The minimum atomic E-state index is 0.194. The van der Waals surface area contributed by atoms with E-state index in [2.05, 4.69) is 5.10 Å². The highest BCUT2D eigenvalue weighted by Gasteiger charge is 1.98. The van der Waals surface area contributed by atoms with E-state index < -0.39 is 0 Å². The molecule has 0 saturated carbocycles. The normalized spacial score (nSPS) is 10.4. The molecule has 0 radical (unpaired) electrons. The summed E-state index contributed by atoms with van der Waals surface area (Å²) in [5.74, 6) is 0.542. The van der Waals surface area contributed by atoms with Gasteiger partial charge in [-0.25, -0.2) is 0 Å². The molecule has 1 rings (SSSR count). The van der Waals surface area contributed by atoms with Crippen molar-refractivity contribution in [3.8, 4) is 0 Å². The Morgan fingerprint density at radius 2 is 2.45 bits per heavy atom. The van der Waals surface area contributed by atoms with Crippen molar-refractivity contribution in [3.63, 3.8) is 0 Å². The summed E-state index contributed by atoms with van der Waals surface area (Å²) < 4.78 is 1.80. The van der Waals surface area contributed by atoms with Crippen LogP contribution in [0.3, 0.4) is 0 Å². The fourth-order valence-electron chi connectivity index (χ4n) is 0.982. The van der Waals surface area contributed by atoms with Crippen LogP contribution < -0.4 is 5.73 Å². The number of aliphatic hydroxyl groups is 1. The smallest absolute Gasteiger partial charge is 0.145 e. The summed E-state index contributed by atoms with van der Waals surface area (Å²) in [6, 6.07) is 1.82. The first kappa shape index (κ1) is 8.07. The zero-order chi connectivity index (χ0) is 8.27. The Labute approximate surface area is 65.6 Å². The van der Waals surface area contributed by atoms with Crippen molar-refractivity contribution in [2.75, 3.05) is 12.3 Å². The molecule has 0 bridgehead atoms. The van der Waals surface area contributed by atoms with Gasteiger partial charge in [0.15, 0.2) is 0 Å². The number of aryl methyl sites for hydroxylation is 2. The third kappa shape index (κ3) is 1.94. The molecule has 11 heavy (non-hydrogen) atoms. The minimum Gasteiger partial charge on any atom is -0.396 e. The Morgan fingerprint density at radius 3 is 2.91 bits per heavy atom. The van der Waals surface area contributed by atoms with E-state index in [0.717, 1.165) is 18.7 Å². The summed E-state index contributed by atoms with van der Waals surface area (Å²) >= 11 is 0. The Balaban J connectivity index is 2.62. The third-order valence-corrected chi connectivity index (χ3v) is 1.53. The van der Waals surface area contributed by atoms with Gasteiger partial charge in [0, 0.05) is 24.9 Å². The van der Waals surface area contributed by atoms with Gasteiger partial charge < -0.3 is 10.8 Å². The monoisotopic (exact) mass is 155 g/mol. The molecule has 0 aliphatic heterocycles. The summed E-state index contributed by atoms with van der Waals surface area (Å²) in [7, 11) is 0. The molecule has 0 saturated heterocycles. The topological polar surface area (TPSA) is 64.1 Å². The molecule has 0 spiro atoms. The van der Waals surface area contributed by atoms with E-state index in [4.69, 9.17) is 10.8 Å². The highest BCUT2D eigenvalue weighted by molar-refractivity contribution is 5.28. The summed E-state index contributed by atoms with van der Waals surface area (Å²) in [5, 5.41) is 12.6. The van der Waals surface area contributed by atoms with Gasteiger partial charge in [0.25, 0.3) is 0 Å². The molecule has 1 heterocycles. The minimum absolute atomic E-state index is 0.194. The Kier molecular flexibility index (Phi) is 2.48. The van der Waals surface area contributed by atoms with Crippen LogP contribution in [-0.2, 0) is 6.54 Å². The largest absolute Gasteiger partial charge is 0.396 e. The van der Waals surface area contributed by atoms with Gasteiger partial charge in [0.2, 0.25) is 0 Å². The Bertz CT molecular complexity index is 232. The maximum Gasteiger partial charge on any atom is 0.145 e. The van der Waals surface area contributed by atoms with Crippen molar-refractivity contribution in [3.05, 3.63) is 11.8 Å². The van der Waals surface area contributed by atoms with Crippen LogP contribution in [0.5, 0.6) is 0 Å². The second kappa shape index (κ2) is 3.39. The average molecular weight is 155 g/mol. The summed E-state index contributed by atoms with van der Waals surface area (Å²) in [6.07, 6.45) is 0.724. The number of anilines is 1. The van der Waals surface area contributed by atoms with Crippen LogP contribution >= 0.6 is 0 Å². The number of aliphatic hydroxyl groups excluding tert-OH is 1. The number of nitrogen functional groups attached to an aromatic ring is 1. The van der Waals surface area contributed by atoms with Crippen molar-refractivity contribution in [2.45, 2.75) is 19.9 Å². The molecular formula is C7H13N3O. The van der Waals surface area contributed by atoms with Crippen molar-refractivity contribution < 1.29 is 5.11 Å². The van der Waals surface area contributed by atoms with Gasteiger partial charge in [-0.3, -0.25) is 4.68 Å². The highest BCUT2D eigenvalue weighted by atomic mass is 16.3. The number of nitrogens with zero attached hydrogens (tertiary/aromatic N) is 2. The fraction of sp³-hybridized carbons (Fsp3) is 0.571. The van der Waals surface area contributed by atoms with Crippen LogP contribution in [0.2, 0.25) is 0 Å². The van der Waals surface area contributed by atoms with Gasteiger partial charge in [-0.05, 0) is 13.3 Å². The molecular weight excluding hydrogens is 142 g/mol. The van der Waals surface area contributed by atoms with Crippen LogP contribution in [-0.4, -0.2) is 21.5 Å². The fourth-order valence-corrected chi connectivity index (χ4v) is 0.982. The standard InChI is InChI=1S/C7H13N3O/c1-6-5-7(8)9-10(6)3-2-4-11/h5,11H,2-4H2,1H3,(H2,8,9). The van der Waals surface area contributed by atoms with E-state index >= 15 is 0 Å². The van der Waals surface area contributed by atoms with Gasteiger partial charge in [-0.2, -0.15) is 5.10 Å². The second-order valence-corrected chi connectivity index (χ2v) is 2.51. The number of rotatable bonds is 3. The van der Waals surface area contributed by atoms with Gasteiger partial charge in [0.05, 0.1) is 0 Å². The number of hydrogen-bond donors (Lipinski definition) is 2. The van der Waals surface area contributed by atoms with Gasteiger partial charge in [-0.1, -0.05) is 0 Å². The zero-order valence-corrected chi connectivity index (χ0v) is 6.62. The van der Waals surface area contributed by atoms with Gasteiger partial charge >= 0.3 is 0 Å². The van der Waals surface area contributed by atoms with E-state index in [9.17, 15) is 0 Å². The molecule has 0 aliphatic carbocycles. The lowest BCUT2D eigenvalue weighted by atomic mass is 10.4. The van der Waals surface area contributed by atoms with E-state index in [1.807, 2.05) is 13.0 Å². The first-order valence-electron chi connectivity index (χ1n) is 3.65. The molecule has 0 aromatic carbocycles. The predicted octanol–water partition coefficient (Wildman–Crippen LogP) is 0.156. The van der Waals surface area contributed by atoms with Crippen molar-refractivity contribution in [1.29, 1.82) is 0 Å². The first-order valence-corrected chi connectivity index (χ1v) is 3.65. The third-order valence-electron chi connectivity index (χ3n) is 1.53. The molecule has 0 fully saturated rings. The zero-order valence-electron chi connectivity index (χ0n) is 6.62. The van der Waals surface area contributed by atoms with E-state index in [0.29, 0.717) is 5.82 Å². The van der Waals surface area contributed by atoms with E-state index in [1.165, 1.54) is 0 Å². The van der Waals surface area contributed by atoms with Gasteiger partial charge in [-0.15, -0.1) is 0 Å². The predicted molar refractivity (Wildman–Crippen MR) is 43.1 cm³/mol. The summed E-state index contributed by atoms with van der Waals surface area (Å²) in [4.78, 5) is 0. The van der Waals surface area contributed by atoms with Crippen molar-refractivity contribution in [2.24, 2.45) is 0 Å². The van der Waals surface area contributed by atoms with Crippen LogP contribution in [0.25, 0.3) is 0 Å². The lowest BCUT2D eigenvalue weighted by molar-refractivity contribution is 0.276. The molecule has 0 unspecified atom stereocenters. The van der Waals surface area contributed by atoms with Crippen LogP contribution in [0.4, 0.5) is 5.82 Å². The summed E-state index contributed by atoms with van der Waals surface area (Å²) in [6.45, 7) is 2.87. The quantitative estimate of drug-likeness (QED) is 0.653. The number of aromatic nitrogens is 2. The Morgan fingerprint density at radius 1 is 1.73 bits per heavy atom. The highest BCUT2D eigenvalue weighted by Crippen LogP contribution is 2.04. The molecule has 4 nitrogen and oxygen atoms in total. The molecule has 0 aliphatic rings. The molecule has 3 N–H and O–H groups in total. The molecule has 62 valence electrons. The first-order chi connectivity index (χ1) is 5.24. The summed E-state index contributed by atoms with van der Waals surface area (Å²) in [5.41, 5.74) is 6.49. The van der Waals surface area contributed by atoms with Crippen molar-refractivity contribution in [1.82, 2.24) is 9.78 Å². The average Bonchev–Trinajstić information content (AvgIpc) is 2.26. The number of nitrogens with two attached hydrogens (primary N) is 1. The molecule has 4 heteroatoms. The van der Waals surface area contributed by atoms with Crippen LogP contribution in [0.15, 0.2) is 6.07 Å². The van der Waals surface area contributed by atoms with Crippen LogP contribution in [0.1, 0.15) is 12.1 Å². The Hall–Kier alpha value is -1.03. The lowest BCUT2D eigenvalue weighted by Gasteiger charge is -2.00. The maximum absolute atomic E-state index is 8.55. The SMILES string of the molecule is Cc1cc(N)nn1CCCO. The molecule has 0 amide bonds. The van der Waals surface area contributed by atoms with Gasteiger partial charge in [0.1, 0.15) is 5.82 Å². The van der Waals surface area contributed by atoms with E-state index in [-0.39, 0.29) is 6.61 Å². The lowest BCUT2D eigenvalue weighted by Crippen LogP contribution is -2.04.